The minimum atomic E-state index is -4.43. The highest BCUT2D eigenvalue weighted by molar-refractivity contribution is 7.80. The largest absolute Gasteiger partial charge is 0.416 e. The molecule has 1 heterocycles. The molecule has 0 aliphatic heterocycles. The molecule has 4 nitrogen and oxygen atoms in total. The summed E-state index contributed by atoms with van der Waals surface area (Å²) >= 11 is 4.09. The Hall–Kier alpha value is -3.49. The molecule has 3 aromatic rings. The van der Waals surface area contributed by atoms with Gasteiger partial charge < -0.3 is 4.98 Å². The normalized spacial score (nSPS) is 10.9. The maximum absolute atomic E-state index is 12.7. The van der Waals surface area contributed by atoms with Crippen LogP contribution in [0.25, 0.3) is 22.3 Å². The van der Waals surface area contributed by atoms with Gasteiger partial charge in [0.05, 0.1) is 16.2 Å². The number of alkyl halides is 3. The molecule has 0 saturated heterocycles. The minimum Gasteiger partial charge on any atom is -0.315 e. The molecule has 0 saturated carbocycles. The van der Waals surface area contributed by atoms with Gasteiger partial charge in [-0.2, -0.15) is 23.7 Å². The van der Waals surface area contributed by atoms with E-state index in [0.717, 1.165) is 12.1 Å². The second-order valence-electron chi connectivity index (χ2n) is 5.81. The zero-order chi connectivity index (χ0) is 20.5. The quantitative estimate of drug-likeness (QED) is 0.612. The number of aromatic amines is 1. The van der Waals surface area contributed by atoms with Crippen LogP contribution in [-0.2, 0) is 6.18 Å². The molecule has 0 bridgehead atoms. The molecule has 0 amide bonds. The molecule has 138 valence electrons. The van der Waals surface area contributed by atoms with Crippen molar-refractivity contribution in [2.45, 2.75) is 11.2 Å². The summed E-state index contributed by atoms with van der Waals surface area (Å²) in [6.07, 6.45) is -4.43. The topological polar surface area (TPSA) is 80.4 Å². The van der Waals surface area contributed by atoms with Gasteiger partial charge in [-0.15, -0.1) is 12.6 Å². The van der Waals surface area contributed by atoms with E-state index >= 15 is 0 Å². The molecule has 0 atom stereocenters. The molecule has 0 radical (unpaired) electrons. The lowest BCUT2D eigenvalue weighted by Gasteiger charge is -2.11. The summed E-state index contributed by atoms with van der Waals surface area (Å²) in [5, 5.41) is 18.8. The molecule has 1 N–H and O–H groups in total. The van der Waals surface area contributed by atoms with Crippen molar-refractivity contribution in [2.24, 2.45) is 0 Å². The van der Waals surface area contributed by atoms with Crippen LogP contribution in [0.2, 0.25) is 0 Å². The summed E-state index contributed by atoms with van der Waals surface area (Å²) in [6, 6.07) is 14.9. The smallest absolute Gasteiger partial charge is 0.315 e. The van der Waals surface area contributed by atoms with Crippen molar-refractivity contribution < 1.29 is 13.2 Å². The lowest BCUT2D eigenvalue weighted by Crippen LogP contribution is -2.14. The highest BCUT2D eigenvalue weighted by atomic mass is 32.1. The van der Waals surface area contributed by atoms with E-state index in [9.17, 15) is 28.5 Å². The van der Waals surface area contributed by atoms with Crippen LogP contribution in [0.5, 0.6) is 0 Å². The van der Waals surface area contributed by atoms with Gasteiger partial charge in [-0.05, 0) is 34.9 Å². The van der Waals surface area contributed by atoms with E-state index in [4.69, 9.17) is 0 Å². The molecule has 2 aromatic carbocycles. The summed E-state index contributed by atoms with van der Waals surface area (Å²) in [7, 11) is 0. The first kappa shape index (κ1) is 19.3. The second kappa shape index (κ2) is 7.26. The second-order valence-corrected chi connectivity index (χ2v) is 6.25. The molecular formula is C20H10F3N3OS. The maximum Gasteiger partial charge on any atom is 0.416 e. The van der Waals surface area contributed by atoms with E-state index in [0.29, 0.717) is 16.7 Å². The SMILES string of the molecule is N#Cc1c(S)[nH]c(=O)c(C#N)c1-c1cccc(-c2ccc(C(F)(F)F)cc2)c1. The third kappa shape index (κ3) is 3.51. The molecule has 0 fully saturated rings. The van der Waals surface area contributed by atoms with Crippen LogP contribution < -0.4 is 5.56 Å². The highest BCUT2D eigenvalue weighted by Crippen LogP contribution is 2.33. The summed E-state index contributed by atoms with van der Waals surface area (Å²) in [5.41, 5.74) is -0.0214. The first-order chi connectivity index (χ1) is 13.3. The standard InChI is InChI=1S/C20H10F3N3OS/c21-20(22,23)14-6-4-11(5-7-14)12-2-1-3-13(8-12)17-15(9-24)18(27)26-19(28)16(17)10-25/h1-8H,(H2,26,27,28). The molecule has 1 aromatic heterocycles. The van der Waals surface area contributed by atoms with Gasteiger partial charge >= 0.3 is 6.18 Å². The van der Waals surface area contributed by atoms with E-state index in [1.165, 1.54) is 12.1 Å². The Morgan fingerprint density at radius 1 is 0.893 bits per heavy atom. The number of pyridine rings is 1. The van der Waals surface area contributed by atoms with Gasteiger partial charge in [0.1, 0.15) is 17.7 Å². The van der Waals surface area contributed by atoms with Gasteiger partial charge in [-0.1, -0.05) is 30.3 Å². The van der Waals surface area contributed by atoms with Crippen LogP contribution in [0, 0.1) is 22.7 Å². The number of hydrogen-bond donors (Lipinski definition) is 2. The summed E-state index contributed by atoms with van der Waals surface area (Å²) in [5.74, 6) is 0. The first-order valence-electron chi connectivity index (χ1n) is 7.83. The predicted octanol–water partition coefficient (Wildman–Crippen LogP) is 4.76. The summed E-state index contributed by atoms with van der Waals surface area (Å²) in [4.78, 5) is 14.4. The fourth-order valence-corrected chi connectivity index (χ4v) is 3.06. The van der Waals surface area contributed by atoms with Crippen molar-refractivity contribution in [1.82, 2.24) is 4.98 Å². The highest BCUT2D eigenvalue weighted by Gasteiger charge is 2.30. The number of nitriles is 2. The Morgan fingerprint density at radius 2 is 1.50 bits per heavy atom. The molecule has 28 heavy (non-hydrogen) atoms. The molecule has 0 aliphatic rings. The van der Waals surface area contributed by atoms with Crippen molar-refractivity contribution in [3.63, 3.8) is 0 Å². The first-order valence-corrected chi connectivity index (χ1v) is 8.28. The van der Waals surface area contributed by atoms with E-state index in [2.05, 4.69) is 17.6 Å². The van der Waals surface area contributed by atoms with Crippen LogP contribution >= 0.6 is 12.6 Å². The Kier molecular flexibility index (Phi) is 5.00. The molecule has 8 heteroatoms. The third-order valence-electron chi connectivity index (χ3n) is 4.12. The molecule has 0 unspecified atom stereocenters. The summed E-state index contributed by atoms with van der Waals surface area (Å²) < 4.78 is 38.2. The van der Waals surface area contributed by atoms with Gasteiger partial charge in [0.15, 0.2) is 0 Å². The molecule has 0 aliphatic carbocycles. The number of nitrogens with one attached hydrogen (secondary N) is 1. The third-order valence-corrected chi connectivity index (χ3v) is 4.45. The molecular weight excluding hydrogens is 387 g/mol. The van der Waals surface area contributed by atoms with Gasteiger partial charge in [0, 0.05) is 5.56 Å². The summed E-state index contributed by atoms with van der Waals surface area (Å²) in [6.45, 7) is 0. The number of hydrogen-bond acceptors (Lipinski definition) is 4. The van der Waals surface area contributed by atoms with Gasteiger partial charge in [-0.3, -0.25) is 4.79 Å². The fraction of sp³-hybridized carbons (Fsp3) is 0.0500. The average Bonchev–Trinajstić information content (AvgIpc) is 2.67. The number of thiol groups is 1. The molecule has 0 spiro atoms. The maximum atomic E-state index is 12.7. The zero-order valence-electron chi connectivity index (χ0n) is 14.0. The Bertz CT molecular complexity index is 1200. The van der Waals surface area contributed by atoms with E-state index in [1.807, 2.05) is 6.07 Å². The Balaban J connectivity index is 2.18. The van der Waals surface area contributed by atoms with Crippen molar-refractivity contribution in [2.75, 3.05) is 0 Å². The van der Waals surface area contributed by atoms with Gasteiger partial charge in [-0.25, -0.2) is 0 Å². The monoisotopic (exact) mass is 397 g/mol. The Morgan fingerprint density at radius 3 is 2.07 bits per heavy atom. The lowest BCUT2D eigenvalue weighted by molar-refractivity contribution is -0.137. The van der Waals surface area contributed by atoms with Crippen LogP contribution in [0.1, 0.15) is 16.7 Å². The number of H-pyrrole nitrogens is 1. The van der Waals surface area contributed by atoms with Crippen LogP contribution in [0.3, 0.4) is 0 Å². The predicted molar refractivity (Wildman–Crippen MR) is 99.6 cm³/mol. The minimum absolute atomic E-state index is 0.0291. The van der Waals surface area contributed by atoms with Crippen molar-refractivity contribution in [1.29, 1.82) is 10.5 Å². The van der Waals surface area contributed by atoms with E-state index < -0.39 is 17.3 Å². The lowest BCUT2D eigenvalue weighted by atomic mass is 9.94. The van der Waals surface area contributed by atoms with Crippen LogP contribution in [0.15, 0.2) is 58.4 Å². The van der Waals surface area contributed by atoms with E-state index in [1.54, 1.807) is 30.3 Å². The van der Waals surface area contributed by atoms with Crippen molar-refractivity contribution >= 4 is 12.6 Å². The number of benzene rings is 2. The van der Waals surface area contributed by atoms with Crippen LogP contribution in [0.4, 0.5) is 13.2 Å². The number of rotatable bonds is 2. The average molecular weight is 397 g/mol. The Labute approximate surface area is 162 Å². The van der Waals surface area contributed by atoms with Crippen molar-refractivity contribution in [3.05, 3.63) is 75.6 Å². The number of halogens is 3. The van der Waals surface area contributed by atoms with E-state index in [-0.39, 0.29) is 21.7 Å². The molecule has 3 rings (SSSR count). The van der Waals surface area contributed by atoms with Gasteiger partial charge in [0.2, 0.25) is 0 Å². The van der Waals surface area contributed by atoms with Crippen LogP contribution in [-0.4, -0.2) is 4.98 Å². The number of nitrogens with zero attached hydrogens (tertiary/aromatic N) is 2. The number of aromatic nitrogens is 1. The zero-order valence-corrected chi connectivity index (χ0v) is 14.9. The van der Waals surface area contributed by atoms with Crippen molar-refractivity contribution in [3.8, 4) is 34.4 Å². The van der Waals surface area contributed by atoms with Gasteiger partial charge in [0.25, 0.3) is 5.56 Å². The fourth-order valence-electron chi connectivity index (χ4n) is 2.80.